The van der Waals surface area contributed by atoms with Crippen LogP contribution in [0.5, 0.6) is 0 Å². The highest BCUT2D eigenvalue weighted by Gasteiger charge is 2.28. The lowest BCUT2D eigenvalue weighted by atomic mass is 10.0. The van der Waals surface area contributed by atoms with E-state index >= 15 is 0 Å². The Morgan fingerprint density at radius 2 is 2.03 bits per heavy atom. The number of aromatic amines is 1. The summed E-state index contributed by atoms with van der Waals surface area (Å²) in [6.45, 7) is 6.41. The number of aryl methyl sites for hydroxylation is 1. The van der Waals surface area contributed by atoms with Gasteiger partial charge in [0.25, 0.3) is 5.56 Å². The second-order valence-electron chi connectivity index (χ2n) is 9.90. The van der Waals surface area contributed by atoms with Gasteiger partial charge < -0.3 is 9.72 Å². The van der Waals surface area contributed by atoms with E-state index in [1.807, 2.05) is 35.9 Å². The first-order valence-electron chi connectivity index (χ1n) is 13.0. The molecule has 1 aliphatic rings. The Hall–Kier alpha value is -3.43. The molecule has 1 N–H and O–H groups in total. The maximum atomic E-state index is 13.6. The fraction of sp³-hybridized carbons (Fsp3) is 0.429. The number of nitrogens with one attached hydrogen (secondary N) is 1. The van der Waals surface area contributed by atoms with Crippen LogP contribution >= 0.6 is 0 Å². The molecule has 0 bridgehead atoms. The minimum Gasteiger partial charge on any atom is -0.376 e. The van der Waals surface area contributed by atoms with Gasteiger partial charge in [0.05, 0.1) is 18.7 Å². The Morgan fingerprint density at radius 3 is 2.78 bits per heavy atom. The molecule has 0 saturated carbocycles. The van der Waals surface area contributed by atoms with Gasteiger partial charge in [-0.25, -0.2) is 9.07 Å². The zero-order valence-corrected chi connectivity index (χ0v) is 21.4. The van der Waals surface area contributed by atoms with Crippen molar-refractivity contribution in [3.8, 4) is 0 Å². The highest BCUT2D eigenvalue weighted by molar-refractivity contribution is 5.79. The summed E-state index contributed by atoms with van der Waals surface area (Å²) in [5.74, 6) is 0.481. The molecule has 2 atom stereocenters. The van der Waals surface area contributed by atoms with Gasteiger partial charge >= 0.3 is 0 Å². The molecule has 8 nitrogen and oxygen atoms in total. The van der Waals surface area contributed by atoms with E-state index in [4.69, 9.17) is 4.74 Å². The maximum absolute atomic E-state index is 13.6. The molecule has 194 valence electrons. The standard InChI is InChI=1S/C28H33FN6O2/c1-3-5-26(27-31-32-33-35(27)18-24-6-4-13-37-24)34(16-20-8-11-23(29)12-9-20)17-22-15-21-10-7-19(2)14-25(21)30-28(22)36/h7-12,14-15,24,26H,3-6,13,16-18H2,1-2H3,(H,30,36). The Labute approximate surface area is 215 Å². The van der Waals surface area contributed by atoms with Crippen molar-refractivity contribution in [2.24, 2.45) is 0 Å². The van der Waals surface area contributed by atoms with Crippen molar-refractivity contribution >= 4 is 10.9 Å². The van der Waals surface area contributed by atoms with Gasteiger partial charge in [-0.1, -0.05) is 37.6 Å². The first kappa shape index (κ1) is 25.2. The van der Waals surface area contributed by atoms with Crippen LogP contribution < -0.4 is 5.56 Å². The third-order valence-electron chi connectivity index (χ3n) is 7.01. The van der Waals surface area contributed by atoms with Crippen LogP contribution in [-0.4, -0.2) is 42.8 Å². The van der Waals surface area contributed by atoms with Gasteiger partial charge in [-0.2, -0.15) is 0 Å². The normalized spacial score (nSPS) is 16.6. The van der Waals surface area contributed by atoms with Crippen LogP contribution in [0.3, 0.4) is 0 Å². The number of nitrogens with zero attached hydrogens (tertiary/aromatic N) is 5. The number of benzene rings is 2. The van der Waals surface area contributed by atoms with Crippen LogP contribution in [0.2, 0.25) is 0 Å². The molecule has 0 amide bonds. The average Bonchev–Trinajstić information content (AvgIpc) is 3.57. The van der Waals surface area contributed by atoms with Crippen LogP contribution in [0.4, 0.5) is 4.39 Å². The van der Waals surface area contributed by atoms with Crippen LogP contribution in [0.1, 0.15) is 61.2 Å². The number of hydrogen-bond acceptors (Lipinski definition) is 6. The van der Waals surface area contributed by atoms with E-state index < -0.39 is 0 Å². The largest absolute Gasteiger partial charge is 0.376 e. The third kappa shape index (κ3) is 5.94. The highest BCUT2D eigenvalue weighted by atomic mass is 19.1. The molecule has 2 aromatic heterocycles. The molecule has 3 heterocycles. The van der Waals surface area contributed by atoms with Crippen molar-refractivity contribution in [2.75, 3.05) is 6.61 Å². The Balaban J connectivity index is 1.51. The number of halogens is 1. The minimum atomic E-state index is -0.276. The summed E-state index contributed by atoms with van der Waals surface area (Å²) >= 11 is 0. The predicted molar refractivity (Wildman–Crippen MR) is 139 cm³/mol. The van der Waals surface area contributed by atoms with Crippen LogP contribution in [-0.2, 0) is 24.4 Å². The number of rotatable bonds is 10. The summed E-state index contributed by atoms with van der Waals surface area (Å²) in [5.41, 5.74) is 3.42. The van der Waals surface area contributed by atoms with Crippen molar-refractivity contribution in [3.05, 3.63) is 87.2 Å². The summed E-state index contributed by atoms with van der Waals surface area (Å²) in [4.78, 5) is 18.4. The topological polar surface area (TPSA) is 88.9 Å². The van der Waals surface area contributed by atoms with Crippen LogP contribution in [0, 0.1) is 12.7 Å². The lowest BCUT2D eigenvalue weighted by Gasteiger charge is -2.31. The quantitative estimate of drug-likeness (QED) is 0.337. The lowest BCUT2D eigenvalue weighted by Crippen LogP contribution is -2.33. The first-order valence-corrected chi connectivity index (χ1v) is 13.0. The van der Waals surface area contributed by atoms with Gasteiger partial charge in [0.1, 0.15) is 5.82 Å². The Kier molecular flexibility index (Phi) is 7.71. The fourth-order valence-corrected chi connectivity index (χ4v) is 5.11. The molecular weight excluding hydrogens is 471 g/mol. The molecular formula is C28H33FN6O2. The molecule has 5 rings (SSSR count). The van der Waals surface area contributed by atoms with E-state index in [0.29, 0.717) is 25.2 Å². The van der Waals surface area contributed by atoms with Crippen molar-refractivity contribution < 1.29 is 9.13 Å². The van der Waals surface area contributed by atoms with Gasteiger partial charge in [0.15, 0.2) is 5.82 Å². The molecule has 9 heteroatoms. The van der Waals surface area contributed by atoms with E-state index in [9.17, 15) is 9.18 Å². The van der Waals surface area contributed by atoms with E-state index in [-0.39, 0.29) is 23.5 Å². The van der Waals surface area contributed by atoms with Crippen molar-refractivity contribution in [1.82, 2.24) is 30.1 Å². The molecule has 0 aliphatic carbocycles. The molecule has 1 aliphatic heterocycles. The Morgan fingerprint density at radius 1 is 1.19 bits per heavy atom. The molecule has 0 radical (unpaired) electrons. The zero-order chi connectivity index (χ0) is 25.8. The minimum absolute atomic E-state index is 0.0989. The average molecular weight is 505 g/mol. The van der Waals surface area contributed by atoms with Crippen molar-refractivity contribution in [1.29, 1.82) is 0 Å². The van der Waals surface area contributed by atoms with Crippen molar-refractivity contribution in [3.63, 3.8) is 0 Å². The van der Waals surface area contributed by atoms with Crippen molar-refractivity contribution in [2.45, 2.75) is 71.3 Å². The highest BCUT2D eigenvalue weighted by Crippen LogP contribution is 2.29. The number of H-pyrrole nitrogens is 1. The summed E-state index contributed by atoms with van der Waals surface area (Å²) in [6, 6.07) is 14.4. The predicted octanol–water partition coefficient (Wildman–Crippen LogP) is 4.68. The monoisotopic (exact) mass is 504 g/mol. The summed E-state index contributed by atoms with van der Waals surface area (Å²) in [5, 5.41) is 13.7. The first-order chi connectivity index (χ1) is 18.0. The summed E-state index contributed by atoms with van der Waals surface area (Å²) < 4.78 is 21.3. The molecule has 2 unspecified atom stereocenters. The Bertz CT molecular complexity index is 1390. The van der Waals surface area contributed by atoms with Gasteiger partial charge in [-0.15, -0.1) is 5.10 Å². The third-order valence-corrected chi connectivity index (χ3v) is 7.01. The SMILES string of the molecule is CCCC(c1nnnn1CC1CCCO1)N(Cc1ccc(F)cc1)Cc1cc2ccc(C)cc2[nH]c1=O. The zero-order valence-electron chi connectivity index (χ0n) is 21.4. The number of fused-ring (bicyclic) bond motifs is 1. The van der Waals surface area contributed by atoms with E-state index in [1.54, 1.807) is 12.1 Å². The molecule has 2 aromatic carbocycles. The second kappa shape index (κ2) is 11.3. The molecule has 1 saturated heterocycles. The molecule has 0 spiro atoms. The number of aromatic nitrogens is 5. The second-order valence-corrected chi connectivity index (χ2v) is 9.90. The smallest absolute Gasteiger partial charge is 0.252 e. The summed E-state index contributed by atoms with van der Waals surface area (Å²) in [7, 11) is 0. The van der Waals surface area contributed by atoms with E-state index in [2.05, 4.69) is 32.3 Å². The van der Waals surface area contributed by atoms with Gasteiger partial charge in [-0.3, -0.25) is 9.69 Å². The van der Waals surface area contributed by atoms with E-state index in [1.165, 1.54) is 12.1 Å². The van der Waals surface area contributed by atoms with Crippen LogP contribution in [0.25, 0.3) is 10.9 Å². The van der Waals surface area contributed by atoms with Gasteiger partial charge in [0, 0.05) is 30.8 Å². The number of pyridine rings is 1. The molecule has 1 fully saturated rings. The number of ether oxygens (including phenoxy) is 1. The number of hydrogen-bond donors (Lipinski definition) is 1. The van der Waals surface area contributed by atoms with E-state index in [0.717, 1.165) is 60.1 Å². The number of tetrazole rings is 1. The van der Waals surface area contributed by atoms with Gasteiger partial charge in [0.2, 0.25) is 0 Å². The molecule has 37 heavy (non-hydrogen) atoms. The molecule has 4 aromatic rings. The van der Waals surface area contributed by atoms with Crippen LogP contribution in [0.15, 0.2) is 53.3 Å². The maximum Gasteiger partial charge on any atom is 0.252 e. The van der Waals surface area contributed by atoms with Gasteiger partial charge in [-0.05, 0) is 77.4 Å². The fourth-order valence-electron chi connectivity index (χ4n) is 5.11. The lowest BCUT2D eigenvalue weighted by molar-refractivity contribution is 0.0885. The summed E-state index contributed by atoms with van der Waals surface area (Å²) in [6.07, 6.45) is 3.84.